The predicted molar refractivity (Wildman–Crippen MR) is 55.6 cm³/mol. The number of ketones is 1. The molecule has 1 fully saturated rings. The zero-order valence-electron chi connectivity index (χ0n) is 9.18. The normalized spacial score (nSPS) is 21.8. The van der Waals surface area contributed by atoms with Gasteiger partial charge >= 0.3 is 0 Å². The lowest BCUT2D eigenvalue weighted by molar-refractivity contribution is -0.124. The van der Waals surface area contributed by atoms with E-state index in [1.54, 1.807) is 6.92 Å². The molecule has 1 aliphatic rings. The predicted octanol–water partition coefficient (Wildman–Crippen LogP) is 3.43. The second kappa shape index (κ2) is 4.78. The fraction of sp³-hybridized carbons (Fsp3) is 0.917. The first-order valence-corrected chi connectivity index (χ1v) is 5.63. The molecule has 0 saturated heterocycles. The Morgan fingerprint density at radius 3 is 2.08 bits per heavy atom. The molecule has 0 aliphatic heterocycles. The largest absolute Gasteiger partial charge is 0.300 e. The number of rotatable bonds is 3. The van der Waals surface area contributed by atoms with Crippen molar-refractivity contribution in [2.24, 2.45) is 17.8 Å². The number of carbonyl (C=O) groups excluding carboxylic acids is 1. The first-order chi connectivity index (χ1) is 6.13. The number of carbonyl (C=O) groups is 1. The molecule has 1 saturated carbocycles. The highest BCUT2D eigenvalue weighted by molar-refractivity contribution is 5.78. The molecule has 13 heavy (non-hydrogen) atoms. The van der Waals surface area contributed by atoms with Crippen molar-refractivity contribution in [3.63, 3.8) is 0 Å². The Morgan fingerprint density at radius 1 is 1.15 bits per heavy atom. The Kier molecular flexibility index (Phi) is 3.95. The molecule has 0 N–H and O–H groups in total. The van der Waals surface area contributed by atoms with E-state index in [-0.39, 0.29) is 0 Å². The Labute approximate surface area is 81.9 Å². The monoisotopic (exact) mass is 182 g/mol. The van der Waals surface area contributed by atoms with Crippen LogP contribution in [-0.2, 0) is 4.79 Å². The van der Waals surface area contributed by atoms with Crippen LogP contribution in [0.2, 0.25) is 0 Å². The van der Waals surface area contributed by atoms with E-state index in [0.29, 0.717) is 23.5 Å². The highest BCUT2D eigenvalue weighted by Crippen LogP contribution is 2.34. The summed E-state index contributed by atoms with van der Waals surface area (Å²) >= 11 is 0. The smallest absolute Gasteiger partial charge is 0.133 e. The summed E-state index contributed by atoms with van der Waals surface area (Å²) in [6.07, 6.45) is 6.60. The summed E-state index contributed by atoms with van der Waals surface area (Å²) in [5.74, 6) is 1.95. The van der Waals surface area contributed by atoms with Gasteiger partial charge in [0.15, 0.2) is 0 Å². The van der Waals surface area contributed by atoms with Crippen molar-refractivity contribution in [1.82, 2.24) is 0 Å². The third-order valence-electron chi connectivity index (χ3n) is 3.35. The quantitative estimate of drug-likeness (QED) is 0.653. The lowest BCUT2D eigenvalue weighted by Crippen LogP contribution is -2.28. The lowest BCUT2D eigenvalue weighted by atomic mass is 9.73. The maximum atomic E-state index is 11.5. The molecular formula is C12H22O. The van der Waals surface area contributed by atoms with Gasteiger partial charge in [0.25, 0.3) is 0 Å². The van der Waals surface area contributed by atoms with Crippen LogP contribution in [0.1, 0.15) is 52.9 Å². The number of hydrogen-bond donors (Lipinski definition) is 0. The molecule has 0 spiro atoms. The maximum absolute atomic E-state index is 11.5. The highest BCUT2D eigenvalue weighted by Gasteiger charge is 2.29. The molecule has 0 amide bonds. The minimum absolute atomic E-state index is 0.334. The number of hydrogen-bond acceptors (Lipinski definition) is 1. The molecule has 1 heteroatoms. The van der Waals surface area contributed by atoms with Crippen LogP contribution in [0, 0.1) is 17.8 Å². The molecule has 0 unspecified atom stereocenters. The van der Waals surface area contributed by atoms with Crippen molar-refractivity contribution in [3.8, 4) is 0 Å². The summed E-state index contributed by atoms with van der Waals surface area (Å²) in [5, 5.41) is 0. The van der Waals surface area contributed by atoms with Gasteiger partial charge in [0.1, 0.15) is 5.78 Å². The summed E-state index contributed by atoms with van der Waals surface area (Å²) in [5.41, 5.74) is 0. The van der Waals surface area contributed by atoms with Crippen LogP contribution in [0.15, 0.2) is 0 Å². The summed E-state index contributed by atoms with van der Waals surface area (Å²) in [6, 6.07) is 0. The van der Waals surface area contributed by atoms with Crippen molar-refractivity contribution >= 4 is 5.78 Å². The average Bonchev–Trinajstić information content (AvgIpc) is 2.04. The van der Waals surface area contributed by atoms with Crippen molar-refractivity contribution < 1.29 is 4.79 Å². The van der Waals surface area contributed by atoms with E-state index in [1.165, 1.54) is 32.1 Å². The van der Waals surface area contributed by atoms with E-state index in [0.717, 1.165) is 0 Å². The molecule has 0 heterocycles. The summed E-state index contributed by atoms with van der Waals surface area (Å²) in [7, 11) is 0. The van der Waals surface area contributed by atoms with Gasteiger partial charge in [-0.15, -0.1) is 0 Å². The molecule has 0 aromatic carbocycles. The third kappa shape index (κ3) is 2.82. The van der Waals surface area contributed by atoms with Gasteiger partial charge in [-0.3, -0.25) is 4.79 Å². The zero-order chi connectivity index (χ0) is 9.84. The molecular weight excluding hydrogens is 160 g/mol. The second-order valence-electron chi connectivity index (χ2n) is 4.78. The Hall–Kier alpha value is -0.330. The SMILES string of the molecule is CC(=O)[C@@H](C(C)C)C1CCCCC1. The molecule has 1 atom stereocenters. The zero-order valence-corrected chi connectivity index (χ0v) is 9.18. The Balaban J connectivity index is 2.57. The number of Topliss-reactive ketones (excluding diaryl/α,β-unsaturated/α-hetero) is 1. The molecule has 0 radical (unpaired) electrons. The fourth-order valence-corrected chi connectivity index (χ4v) is 2.84. The van der Waals surface area contributed by atoms with Crippen LogP contribution in [0.4, 0.5) is 0 Å². The fourth-order valence-electron chi connectivity index (χ4n) is 2.84. The van der Waals surface area contributed by atoms with Crippen LogP contribution in [0.3, 0.4) is 0 Å². The minimum atomic E-state index is 0.334. The highest BCUT2D eigenvalue weighted by atomic mass is 16.1. The van der Waals surface area contributed by atoms with Crippen LogP contribution in [-0.4, -0.2) is 5.78 Å². The van der Waals surface area contributed by atoms with Gasteiger partial charge in [-0.05, 0) is 31.6 Å². The molecule has 0 aromatic heterocycles. The van der Waals surface area contributed by atoms with E-state index in [1.807, 2.05) is 0 Å². The van der Waals surface area contributed by atoms with E-state index < -0.39 is 0 Å². The standard InChI is InChI=1S/C12H22O/c1-9(2)12(10(3)13)11-7-5-4-6-8-11/h9,11-12H,4-8H2,1-3H3/t12-/m1/s1. The van der Waals surface area contributed by atoms with E-state index in [2.05, 4.69) is 13.8 Å². The molecule has 0 aromatic rings. The molecule has 1 rings (SSSR count). The molecule has 76 valence electrons. The van der Waals surface area contributed by atoms with Gasteiger partial charge in [0.05, 0.1) is 0 Å². The van der Waals surface area contributed by atoms with Crippen LogP contribution in [0.5, 0.6) is 0 Å². The Bertz CT molecular complexity index is 166. The third-order valence-corrected chi connectivity index (χ3v) is 3.35. The van der Waals surface area contributed by atoms with E-state index >= 15 is 0 Å². The summed E-state index contributed by atoms with van der Waals surface area (Å²) in [6.45, 7) is 6.13. The van der Waals surface area contributed by atoms with Gasteiger partial charge in [-0.25, -0.2) is 0 Å². The summed E-state index contributed by atoms with van der Waals surface area (Å²) in [4.78, 5) is 11.5. The Morgan fingerprint density at radius 2 is 1.69 bits per heavy atom. The minimum Gasteiger partial charge on any atom is -0.300 e. The van der Waals surface area contributed by atoms with Gasteiger partial charge in [0, 0.05) is 5.92 Å². The second-order valence-corrected chi connectivity index (χ2v) is 4.78. The van der Waals surface area contributed by atoms with Crippen molar-refractivity contribution in [2.45, 2.75) is 52.9 Å². The van der Waals surface area contributed by atoms with Crippen LogP contribution >= 0.6 is 0 Å². The van der Waals surface area contributed by atoms with Gasteiger partial charge in [-0.1, -0.05) is 33.1 Å². The van der Waals surface area contributed by atoms with Gasteiger partial charge in [0.2, 0.25) is 0 Å². The van der Waals surface area contributed by atoms with Crippen molar-refractivity contribution in [1.29, 1.82) is 0 Å². The molecule has 1 nitrogen and oxygen atoms in total. The van der Waals surface area contributed by atoms with Crippen molar-refractivity contribution in [3.05, 3.63) is 0 Å². The van der Waals surface area contributed by atoms with Gasteiger partial charge in [-0.2, -0.15) is 0 Å². The van der Waals surface area contributed by atoms with Crippen LogP contribution in [0.25, 0.3) is 0 Å². The lowest BCUT2D eigenvalue weighted by Gasteiger charge is -2.31. The first kappa shape index (κ1) is 10.7. The first-order valence-electron chi connectivity index (χ1n) is 5.63. The van der Waals surface area contributed by atoms with Gasteiger partial charge < -0.3 is 0 Å². The van der Waals surface area contributed by atoms with Crippen LogP contribution < -0.4 is 0 Å². The maximum Gasteiger partial charge on any atom is 0.133 e. The average molecular weight is 182 g/mol. The van der Waals surface area contributed by atoms with E-state index in [9.17, 15) is 4.79 Å². The molecule has 0 bridgehead atoms. The van der Waals surface area contributed by atoms with E-state index in [4.69, 9.17) is 0 Å². The van der Waals surface area contributed by atoms with Crippen molar-refractivity contribution in [2.75, 3.05) is 0 Å². The summed E-state index contributed by atoms with van der Waals surface area (Å²) < 4.78 is 0. The topological polar surface area (TPSA) is 17.1 Å². The molecule has 1 aliphatic carbocycles.